The number of carbonyl (C=O) groups excluding carboxylic acids is 1. The summed E-state index contributed by atoms with van der Waals surface area (Å²) < 4.78 is 0. The standard InChI is InChI=1S/C33H68N2O2/c1-4-7-10-13-17-21-27-34(29-25-32-36)28-22-18-15-16-20-26-33(37)35(30-23-12-9-6-3)31-24-19-14-11-8-5-2/h36H,4-32H2,1-3H3. The second-order valence-electron chi connectivity index (χ2n) is 11.4. The normalized spacial score (nSPS) is 11.5. The lowest BCUT2D eigenvalue weighted by atomic mass is 10.1. The van der Waals surface area contributed by atoms with E-state index < -0.39 is 0 Å². The minimum atomic E-state index is 0.301. The van der Waals surface area contributed by atoms with Gasteiger partial charge in [0.1, 0.15) is 0 Å². The Balaban J connectivity index is 4.08. The summed E-state index contributed by atoms with van der Waals surface area (Å²) in [6.07, 6.45) is 28.4. The van der Waals surface area contributed by atoms with Gasteiger partial charge in [-0.05, 0) is 51.6 Å². The minimum Gasteiger partial charge on any atom is -0.396 e. The summed E-state index contributed by atoms with van der Waals surface area (Å²) in [4.78, 5) is 17.7. The molecule has 0 unspecified atom stereocenters. The first-order valence-electron chi connectivity index (χ1n) is 16.8. The van der Waals surface area contributed by atoms with Gasteiger partial charge in [-0.2, -0.15) is 0 Å². The zero-order valence-electron chi connectivity index (χ0n) is 25.8. The molecule has 222 valence electrons. The van der Waals surface area contributed by atoms with Crippen LogP contribution in [0.1, 0.15) is 168 Å². The van der Waals surface area contributed by atoms with Gasteiger partial charge in [0.15, 0.2) is 0 Å². The van der Waals surface area contributed by atoms with Crippen LogP contribution in [0.3, 0.4) is 0 Å². The fourth-order valence-electron chi connectivity index (χ4n) is 5.22. The molecule has 4 heteroatoms. The Kier molecular flexibility index (Phi) is 29.4. The van der Waals surface area contributed by atoms with Crippen molar-refractivity contribution in [2.45, 2.75) is 168 Å². The van der Waals surface area contributed by atoms with Crippen LogP contribution in [0.15, 0.2) is 0 Å². The first-order valence-corrected chi connectivity index (χ1v) is 16.8. The molecule has 0 saturated carbocycles. The van der Waals surface area contributed by atoms with E-state index in [9.17, 15) is 9.90 Å². The van der Waals surface area contributed by atoms with Crippen molar-refractivity contribution in [3.05, 3.63) is 0 Å². The van der Waals surface area contributed by atoms with E-state index >= 15 is 0 Å². The van der Waals surface area contributed by atoms with Crippen LogP contribution >= 0.6 is 0 Å². The van der Waals surface area contributed by atoms with Gasteiger partial charge < -0.3 is 14.9 Å². The molecule has 0 rings (SSSR count). The van der Waals surface area contributed by atoms with Gasteiger partial charge in [-0.25, -0.2) is 0 Å². The van der Waals surface area contributed by atoms with Crippen molar-refractivity contribution in [2.24, 2.45) is 0 Å². The van der Waals surface area contributed by atoms with Gasteiger partial charge in [-0.3, -0.25) is 4.79 Å². The van der Waals surface area contributed by atoms with E-state index in [4.69, 9.17) is 0 Å². The lowest BCUT2D eigenvalue weighted by Crippen LogP contribution is -2.32. The summed E-state index contributed by atoms with van der Waals surface area (Å²) >= 11 is 0. The fraction of sp³-hybridized carbons (Fsp3) is 0.970. The second-order valence-corrected chi connectivity index (χ2v) is 11.4. The molecule has 0 aliphatic carbocycles. The highest BCUT2D eigenvalue weighted by molar-refractivity contribution is 5.76. The van der Waals surface area contributed by atoms with Crippen molar-refractivity contribution >= 4 is 5.91 Å². The Morgan fingerprint density at radius 2 is 0.811 bits per heavy atom. The second kappa shape index (κ2) is 29.9. The molecular formula is C33H68N2O2. The van der Waals surface area contributed by atoms with Crippen LogP contribution in [0.5, 0.6) is 0 Å². The maximum Gasteiger partial charge on any atom is 0.222 e. The van der Waals surface area contributed by atoms with Crippen LogP contribution in [-0.2, 0) is 4.79 Å². The highest BCUT2D eigenvalue weighted by Gasteiger charge is 2.12. The van der Waals surface area contributed by atoms with E-state index in [1.165, 1.54) is 135 Å². The Bertz CT molecular complexity index is 458. The molecule has 0 bridgehead atoms. The van der Waals surface area contributed by atoms with E-state index in [2.05, 4.69) is 30.6 Å². The molecule has 1 amide bonds. The summed E-state index contributed by atoms with van der Waals surface area (Å²) in [6, 6.07) is 0. The topological polar surface area (TPSA) is 43.8 Å². The quantitative estimate of drug-likeness (QED) is 0.0953. The molecule has 0 aromatic heterocycles. The number of aliphatic hydroxyl groups excluding tert-OH is 1. The van der Waals surface area contributed by atoms with Gasteiger partial charge in [0, 0.05) is 32.7 Å². The monoisotopic (exact) mass is 525 g/mol. The van der Waals surface area contributed by atoms with Crippen LogP contribution in [0.25, 0.3) is 0 Å². The van der Waals surface area contributed by atoms with E-state index in [-0.39, 0.29) is 0 Å². The first kappa shape index (κ1) is 36.4. The van der Waals surface area contributed by atoms with Crippen LogP contribution in [-0.4, -0.2) is 60.1 Å². The summed E-state index contributed by atoms with van der Waals surface area (Å²) in [7, 11) is 0. The summed E-state index contributed by atoms with van der Waals surface area (Å²) in [5.41, 5.74) is 0. The van der Waals surface area contributed by atoms with Gasteiger partial charge in [-0.15, -0.1) is 0 Å². The molecule has 37 heavy (non-hydrogen) atoms. The molecule has 0 radical (unpaired) electrons. The predicted octanol–water partition coefficient (Wildman–Crippen LogP) is 9.14. The Morgan fingerprint density at radius 3 is 1.27 bits per heavy atom. The van der Waals surface area contributed by atoms with Gasteiger partial charge in [0.2, 0.25) is 5.91 Å². The van der Waals surface area contributed by atoms with Gasteiger partial charge in [-0.1, -0.05) is 124 Å². The third kappa shape index (κ3) is 25.4. The maximum atomic E-state index is 12.9. The van der Waals surface area contributed by atoms with Crippen LogP contribution in [0.4, 0.5) is 0 Å². The zero-order chi connectivity index (χ0) is 27.2. The summed E-state index contributed by atoms with van der Waals surface area (Å²) in [5, 5.41) is 9.24. The minimum absolute atomic E-state index is 0.301. The van der Waals surface area contributed by atoms with Gasteiger partial charge in [0.05, 0.1) is 0 Å². The smallest absolute Gasteiger partial charge is 0.222 e. The molecule has 0 spiro atoms. The number of unbranched alkanes of at least 4 members (excludes halogenated alkanes) is 17. The van der Waals surface area contributed by atoms with Crippen LogP contribution in [0, 0.1) is 0 Å². The maximum absolute atomic E-state index is 12.9. The Hall–Kier alpha value is -0.610. The molecule has 0 aliphatic heterocycles. The predicted molar refractivity (Wildman–Crippen MR) is 163 cm³/mol. The summed E-state index contributed by atoms with van der Waals surface area (Å²) in [6.45, 7) is 12.4. The van der Waals surface area contributed by atoms with Crippen molar-refractivity contribution in [3.8, 4) is 0 Å². The van der Waals surface area contributed by atoms with E-state index in [1.807, 2.05) is 0 Å². The molecule has 0 fully saturated rings. The van der Waals surface area contributed by atoms with E-state index in [0.29, 0.717) is 12.5 Å². The third-order valence-corrected chi connectivity index (χ3v) is 7.74. The Morgan fingerprint density at radius 1 is 0.459 bits per heavy atom. The number of carbonyl (C=O) groups is 1. The van der Waals surface area contributed by atoms with Crippen molar-refractivity contribution in [2.75, 3.05) is 39.3 Å². The molecule has 0 aliphatic rings. The molecule has 4 nitrogen and oxygen atoms in total. The Labute approximate surface area is 233 Å². The molecule has 0 heterocycles. The lowest BCUT2D eigenvalue weighted by Gasteiger charge is -2.23. The van der Waals surface area contributed by atoms with E-state index in [1.54, 1.807) is 0 Å². The van der Waals surface area contributed by atoms with Crippen molar-refractivity contribution in [1.82, 2.24) is 9.80 Å². The van der Waals surface area contributed by atoms with Crippen molar-refractivity contribution < 1.29 is 9.90 Å². The van der Waals surface area contributed by atoms with E-state index in [0.717, 1.165) is 45.4 Å². The number of hydrogen-bond acceptors (Lipinski definition) is 3. The summed E-state index contributed by atoms with van der Waals surface area (Å²) in [5.74, 6) is 0.402. The number of hydrogen-bond donors (Lipinski definition) is 1. The number of rotatable bonds is 30. The number of nitrogens with zero attached hydrogens (tertiary/aromatic N) is 2. The first-order chi connectivity index (χ1) is 18.2. The molecule has 0 atom stereocenters. The van der Waals surface area contributed by atoms with Gasteiger partial charge in [0.25, 0.3) is 0 Å². The molecule has 0 saturated heterocycles. The number of amides is 1. The molecule has 1 N–H and O–H groups in total. The largest absolute Gasteiger partial charge is 0.396 e. The van der Waals surface area contributed by atoms with Gasteiger partial charge >= 0.3 is 0 Å². The molecule has 0 aromatic carbocycles. The SMILES string of the molecule is CCCCCCCCN(CCCO)CCCCCCCC(=O)N(CCCCCC)CCCCCCCC. The lowest BCUT2D eigenvalue weighted by molar-refractivity contribution is -0.131. The van der Waals surface area contributed by atoms with Crippen molar-refractivity contribution in [3.63, 3.8) is 0 Å². The third-order valence-electron chi connectivity index (χ3n) is 7.74. The average molecular weight is 525 g/mol. The fourth-order valence-corrected chi connectivity index (χ4v) is 5.22. The number of aliphatic hydroxyl groups is 1. The van der Waals surface area contributed by atoms with Crippen molar-refractivity contribution in [1.29, 1.82) is 0 Å². The molecular weight excluding hydrogens is 456 g/mol. The molecule has 0 aromatic rings. The van der Waals surface area contributed by atoms with Crippen LogP contribution < -0.4 is 0 Å². The average Bonchev–Trinajstić information content (AvgIpc) is 2.91. The van der Waals surface area contributed by atoms with Crippen LogP contribution in [0.2, 0.25) is 0 Å². The highest BCUT2D eigenvalue weighted by Crippen LogP contribution is 2.13. The zero-order valence-corrected chi connectivity index (χ0v) is 25.8. The highest BCUT2D eigenvalue weighted by atomic mass is 16.3.